The fourth-order valence-electron chi connectivity index (χ4n) is 3.82. The van der Waals surface area contributed by atoms with Crippen molar-refractivity contribution in [2.24, 2.45) is 5.92 Å². The Morgan fingerprint density at radius 1 is 1.08 bits per heavy atom. The molecule has 2 aliphatic heterocycles. The number of amides is 2. The summed E-state index contributed by atoms with van der Waals surface area (Å²) in [4.78, 5) is 24.9. The molecular formula is C18H21N4O2+. The smallest absolute Gasteiger partial charge is 0.323 e. The van der Waals surface area contributed by atoms with Crippen molar-refractivity contribution in [3.8, 4) is 0 Å². The van der Waals surface area contributed by atoms with Crippen LogP contribution >= 0.6 is 0 Å². The number of pyridine rings is 1. The van der Waals surface area contributed by atoms with Crippen molar-refractivity contribution in [2.75, 3.05) is 23.7 Å². The highest BCUT2D eigenvalue weighted by molar-refractivity contribution is 5.99. The van der Waals surface area contributed by atoms with Gasteiger partial charge in [-0.1, -0.05) is 18.2 Å². The van der Waals surface area contributed by atoms with Crippen LogP contribution in [0.4, 0.5) is 16.2 Å². The Kier molecular flexibility index (Phi) is 3.82. The number of carbonyl (C=O) groups excluding carboxylic acids is 1. The van der Waals surface area contributed by atoms with Crippen LogP contribution in [0.25, 0.3) is 0 Å². The maximum atomic E-state index is 12.7. The SMILES string of the molecule is O=C(Nc1ccccc1)Nc1ccc2n(c1=O)C[C@@H]1C[NH2+]C[C@H]2C1. The number of para-hydroxylation sites is 1. The topological polar surface area (TPSA) is 79.7 Å². The van der Waals surface area contributed by atoms with Crippen LogP contribution in [0.2, 0.25) is 0 Å². The van der Waals surface area contributed by atoms with Gasteiger partial charge in [-0.3, -0.25) is 4.79 Å². The lowest BCUT2D eigenvalue weighted by atomic mass is 9.84. The summed E-state index contributed by atoms with van der Waals surface area (Å²) in [6.45, 7) is 2.86. The summed E-state index contributed by atoms with van der Waals surface area (Å²) in [6.07, 6.45) is 1.16. The predicted octanol–water partition coefficient (Wildman–Crippen LogP) is 1.17. The van der Waals surface area contributed by atoms with Gasteiger partial charge in [0.15, 0.2) is 0 Å². The number of anilines is 2. The van der Waals surface area contributed by atoms with E-state index in [9.17, 15) is 9.59 Å². The van der Waals surface area contributed by atoms with Gasteiger partial charge in [-0.2, -0.15) is 0 Å². The molecule has 0 aliphatic carbocycles. The molecular weight excluding hydrogens is 304 g/mol. The molecule has 4 N–H and O–H groups in total. The van der Waals surface area contributed by atoms with E-state index >= 15 is 0 Å². The molecule has 2 aliphatic rings. The molecule has 0 radical (unpaired) electrons. The molecule has 3 heterocycles. The van der Waals surface area contributed by atoms with E-state index in [1.807, 2.05) is 28.8 Å². The minimum Gasteiger partial charge on any atom is -0.345 e. The molecule has 0 unspecified atom stereocenters. The van der Waals surface area contributed by atoms with Crippen molar-refractivity contribution in [2.45, 2.75) is 18.9 Å². The van der Waals surface area contributed by atoms with Gasteiger partial charge in [0, 0.05) is 29.8 Å². The summed E-state index contributed by atoms with van der Waals surface area (Å²) >= 11 is 0. The Morgan fingerprint density at radius 3 is 2.75 bits per heavy atom. The van der Waals surface area contributed by atoms with E-state index in [1.54, 1.807) is 18.2 Å². The molecule has 0 saturated carbocycles. The maximum Gasteiger partial charge on any atom is 0.323 e. The number of quaternary nitrogens is 1. The monoisotopic (exact) mass is 325 g/mol. The number of nitrogens with one attached hydrogen (secondary N) is 2. The molecule has 24 heavy (non-hydrogen) atoms. The second kappa shape index (κ2) is 6.13. The standard InChI is InChI=1S/C18H20N4O2/c23-17-15(21-18(24)20-14-4-2-1-3-5-14)6-7-16-13-8-12(9-19-10-13)11-22(16)17/h1-7,12-13,19H,8-11H2,(H2,20,21,24)/p+1/t12-,13+/m0/s1. The molecule has 1 aromatic carbocycles. The number of fused-ring (bicyclic) bond motifs is 4. The number of nitrogens with zero attached hydrogens (tertiary/aromatic N) is 1. The normalized spacial score (nSPS) is 21.7. The zero-order valence-corrected chi connectivity index (χ0v) is 13.4. The largest absolute Gasteiger partial charge is 0.345 e. The van der Waals surface area contributed by atoms with Gasteiger partial charge < -0.3 is 20.5 Å². The average Bonchev–Trinajstić information content (AvgIpc) is 2.59. The van der Waals surface area contributed by atoms with Crippen molar-refractivity contribution in [1.82, 2.24) is 4.57 Å². The van der Waals surface area contributed by atoms with Gasteiger partial charge in [-0.25, -0.2) is 4.79 Å². The molecule has 4 rings (SSSR count). The van der Waals surface area contributed by atoms with Gasteiger partial charge >= 0.3 is 6.03 Å². The molecule has 0 spiro atoms. The first-order valence-electron chi connectivity index (χ1n) is 8.39. The van der Waals surface area contributed by atoms with E-state index in [0.29, 0.717) is 23.2 Å². The van der Waals surface area contributed by atoms with E-state index in [4.69, 9.17) is 0 Å². The number of urea groups is 1. The van der Waals surface area contributed by atoms with Crippen LogP contribution < -0.4 is 21.5 Å². The van der Waals surface area contributed by atoms with E-state index in [2.05, 4.69) is 16.0 Å². The fourth-order valence-corrected chi connectivity index (χ4v) is 3.82. The van der Waals surface area contributed by atoms with Crippen molar-refractivity contribution in [3.63, 3.8) is 0 Å². The first-order chi connectivity index (χ1) is 11.7. The Balaban J connectivity index is 1.55. The Labute approximate surface area is 139 Å². The Morgan fingerprint density at radius 2 is 1.92 bits per heavy atom. The minimum absolute atomic E-state index is 0.104. The second-order valence-corrected chi connectivity index (χ2v) is 6.59. The van der Waals surface area contributed by atoms with Crippen LogP contribution in [0.1, 0.15) is 18.0 Å². The summed E-state index contributed by atoms with van der Waals surface area (Å²) in [5.74, 6) is 0.986. The number of hydrogen-bond donors (Lipinski definition) is 3. The number of hydrogen-bond acceptors (Lipinski definition) is 2. The lowest BCUT2D eigenvalue weighted by molar-refractivity contribution is -0.673. The molecule has 2 bridgehead atoms. The molecule has 124 valence electrons. The highest BCUT2D eigenvalue weighted by atomic mass is 16.2. The van der Waals surface area contributed by atoms with Crippen LogP contribution in [-0.2, 0) is 6.54 Å². The predicted molar refractivity (Wildman–Crippen MR) is 92.3 cm³/mol. The summed E-state index contributed by atoms with van der Waals surface area (Å²) in [5, 5.41) is 7.76. The quantitative estimate of drug-likeness (QED) is 0.775. The van der Waals surface area contributed by atoms with Crippen LogP contribution in [0.5, 0.6) is 0 Å². The van der Waals surface area contributed by atoms with Gasteiger partial charge in [0.1, 0.15) is 5.69 Å². The highest BCUT2D eigenvalue weighted by Gasteiger charge is 2.33. The van der Waals surface area contributed by atoms with Gasteiger partial charge in [0.2, 0.25) is 0 Å². The Hall–Kier alpha value is -2.60. The molecule has 6 nitrogen and oxygen atoms in total. The lowest BCUT2D eigenvalue weighted by Crippen LogP contribution is -2.89. The maximum absolute atomic E-state index is 12.7. The van der Waals surface area contributed by atoms with Gasteiger partial charge in [-0.15, -0.1) is 0 Å². The first kappa shape index (κ1) is 15.0. The third-order valence-corrected chi connectivity index (χ3v) is 4.92. The van der Waals surface area contributed by atoms with Crippen LogP contribution in [0.15, 0.2) is 47.3 Å². The summed E-state index contributed by atoms with van der Waals surface area (Å²) in [6, 6.07) is 12.5. The third-order valence-electron chi connectivity index (χ3n) is 4.92. The van der Waals surface area contributed by atoms with Crippen LogP contribution in [0.3, 0.4) is 0 Å². The van der Waals surface area contributed by atoms with Crippen LogP contribution in [-0.4, -0.2) is 23.7 Å². The highest BCUT2D eigenvalue weighted by Crippen LogP contribution is 2.30. The molecule has 1 fully saturated rings. The Bertz CT molecular complexity index is 816. The van der Waals surface area contributed by atoms with Crippen molar-refractivity contribution in [1.29, 1.82) is 0 Å². The molecule has 6 heteroatoms. The van der Waals surface area contributed by atoms with Crippen LogP contribution in [0, 0.1) is 5.92 Å². The minimum atomic E-state index is -0.400. The summed E-state index contributed by atoms with van der Waals surface area (Å²) < 4.78 is 1.85. The number of nitrogens with two attached hydrogens (primary N) is 1. The number of rotatable bonds is 2. The van der Waals surface area contributed by atoms with Crippen molar-refractivity contribution >= 4 is 17.4 Å². The van der Waals surface area contributed by atoms with Crippen molar-refractivity contribution < 1.29 is 10.1 Å². The molecule has 2 aromatic rings. The van der Waals surface area contributed by atoms with Gasteiger partial charge in [0.25, 0.3) is 5.56 Å². The van der Waals surface area contributed by atoms with E-state index in [1.165, 1.54) is 0 Å². The van der Waals surface area contributed by atoms with E-state index in [-0.39, 0.29) is 5.56 Å². The van der Waals surface area contributed by atoms with E-state index in [0.717, 1.165) is 31.7 Å². The van der Waals surface area contributed by atoms with Gasteiger partial charge in [-0.05, 0) is 30.7 Å². The number of piperidine rings is 1. The molecule has 1 aromatic heterocycles. The van der Waals surface area contributed by atoms with E-state index < -0.39 is 6.03 Å². The van der Waals surface area contributed by atoms with Gasteiger partial charge in [0.05, 0.1) is 13.1 Å². The number of benzene rings is 1. The fraction of sp³-hybridized carbons (Fsp3) is 0.333. The third kappa shape index (κ3) is 2.80. The molecule has 1 saturated heterocycles. The number of aromatic nitrogens is 1. The summed E-state index contributed by atoms with van der Waals surface area (Å²) in [7, 11) is 0. The number of carbonyl (C=O) groups is 1. The zero-order chi connectivity index (χ0) is 16.5. The lowest BCUT2D eigenvalue weighted by Gasteiger charge is -2.35. The van der Waals surface area contributed by atoms with Crippen molar-refractivity contribution in [3.05, 3.63) is 58.5 Å². The second-order valence-electron chi connectivity index (χ2n) is 6.59. The summed E-state index contributed by atoms with van der Waals surface area (Å²) in [5.41, 5.74) is 2.02. The zero-order valence-electron chi connectivity index (χ0n) is 13.4. The first-order valence-corrected chi connectivity index (χ1v) is 8.39. The molecule has 2 amide bonds. The average molecular weight is 325 g/mol. The molecule has 2 atom stereocenters.